The number of carbonyl (C=O) groups excluding carboxylic acids is 1. The molecule has 0 aliphatic carbocycles. The van der Waals surface area contributed by atoms with Gasteiger partial charge in [-0.15, -0.1) is 6.58 Å². The molecule has 0 aromatic heterocycles. The van der Waals surface area contributed by atoms with Crippen LogP contribution in [0.5, 0.6) is 0 Å². The number of halogens is 4. The number of amides is 1. The lowest BCUT2D eigenvalue weighted by atomic mass is 10.2. The van der Waals surface area contributed by atoms with Gasteiger partial charge in [0.25, 0.3) is 5.91 Å². The number of rotatable bonds is 4. The first-order valence-corrected chi connectivity index (χ1v) is 7.32. The van der Waals surface area contributed by atoms with Crippen molar-refractivity contribution in [1.82, 2.24) is 5.32 Å². The maximum absolute atomic E-state index is 11.6. The number of allylic oxidation sites excluding steroid dienone is 2. The first kappa shape index (κ1) is 23.5. The van der Waals surface area contributed by atoms with Gasteiger partial charge >= 0.3 is 6.18 Å². The molecule has 6 heteroatoms. The molecule has 23 heavy (non-hydrogen) atoms. The topological polar surface area (TPSA) is 29.1 Å². The fraction of sp³-hybridized carbons (Fsp3) is 0.353. The largest absolute Gasteiger partial charge is 0.386 e. The number of alkyl halides is 3. The van der Waals surface area contributed by atoms with Gasteiger partial charge in [0.1, 0.15) is 0 Å². The minimum Gasteiger partial charge on any atom is -0.352 e. The molecule has 0 atom stereocenters. The van der Waals surface area contributed by atoms with Crippen LogP contribution in [0.1, 0.15) is 37.6 Å². The fourth-order valence-corrected chi connectivity index (χ4v) is 1.40. The van der Waals surface area contributed by atoms with Crippen molar-refractivity contribution in [3.05, 3.63) is 59.7 Å². The zero-order valence-corrected chi connectivity index (χ0v) is 14.3. The summed E-state index contributed by atoms with van der Waals surface area (Å²) in [5, 5.41) is 3.29. The summed E-state index contributed by atoms with van der Waals surface area (Å²) in [6.07, 6.45) is 2.56. The van der Waals surface area contributed by atoms with Gasteiger partial charge in [-0.05, 0) is 32.4 Å². The molecule has 0 unspecified atom stereocenters. The van der Waals surface area contributed by atoms with Crippen molar-refractivity contribution in [1.29, 1.82) is 0 Å². The predicted octanol–water partition coefficient (Wildman–Crippen LogP) is 5.80. The molecule has 0 saturated heterocycles. The van der Waals surface area contributed by atoms with E-state index in [0.717, 1.165) is 6.42 Å². The Morgan fingerprint density at radius 2 is 1.78 bits per heavy atom. The first-order valence-electron chi connectivity index (χ1n) is 6.95. The second-order valence-electron chi connectivity index (χ2n) is 4.28. The van der Waals surface area contributed by atoms with Gasteiger partial charge in [0, 0.05) is 13.5 Å². The minimum atomic E-state index is -4.00. The van der Waals surface area contributed by atoms with E-state index in [2.05, 4.69) is 11.9 Å². The van der Waals surface area contributed by atoms with Crippen molar-refractivity contribution in [3.63, 3.8) is 0 Å². The number of hydrogen-bond acceptors (Lipinski definition) is 1. The van der Waals surface area contributed by atoms with Crippen LogP contribution in [0.4, 0.5) is 13.2 Å². The molecule has 0 aliphatic heterocycles. The van der Waals surface area contributed by atoms with Crippen LogP contribution in [-0.2, 0) is 0 Å². The molecule has 0 bridgehead atoms. The maximum Gasteiger partial charge on any atom is 0.386 e. The van der Waals surface area contributed by atoms with Crippen molar-refractivity contribution in [2.75, 3.05) is 6.54 Å². The van der Waals surface area contributed by atoms with E-state index in [1.54, 1.807) is 30.3 Å². The number of nitrogens with one attached hydrogen (secondary N) is 1. The van der Waals surface area contributed by atoms with E-state index < -0.39 is 6.18 Å². The smallest absolute Gasteiger partial charge is 0.352 e. The van der Waals surface area contributed by atoms with E-state index in [1.807, 2.05) is 26.0 Å². The van der Waals surface area contributed by atoms with Crippen LogP contribution in [0.15, 0.2) is 49.1 Å². The average molecular weight is 350 g/mol. The quantitative estimate of drug-likeness (QED) is 0.540. The zero-order chi connectivity index (χ0) is 18.3. The Morgan fingerprint density at radius 1 is 1.30 bits per heavy atom. The molecule has 0 saturated carbocycles. The van der Waals surface area contributed by atoms with Crippen LogP contribution >= 0.6 is 11.6 Å². The van der Waals surface area contributed by atoms with Crippen LogP contribution in [0.2, 0.25) is 5.02 Å². The number of benzene rings is 1. The third-order valence-corrected chi connectivity index (χ3v) is 2.28. The summed E-state index contributed by atoms with van der Waals surface area (Å²) in [6, 6.07) is 7.03. The number of carbonyl (C=O) groups is 1. The first-order chi connectivity index (χ1) is 10.7. The lowest BCUT2D eigenvalue weighted by molar-refractivity contribution is -0.110. The summed E-state index contributed by atoms with van der Waals surface area (Å²) >= 11 is 5.88. The van der Waals surface area contributed by atoms with Crippen LogP contribution < -0.4 is 5.32 Å². The SMILES string of the molecule is C/C=C\CCNC(=O)c1ccccc1Cl.C=CC.CC(F)(F)F. The van der Waals surface area contributed by atoms with E-state index in [-0.39, 0.29) is 12.8 Å². The van der Waals surface area contributed by atoms with Crippen molar-refractivity contribution in [3.8, 4) is 0 Å². The molecule has 2 nitrogen and oxygen atoms in total. The van der Waals surface area contributed by atoms with Crippen LogP contribution in [0, 0.1) is 0 Å². The van der Waals surface area contributed by atoms with Crippen molar-refractivity contribution >= 4 is 17.5 Å². The van der Waals surface area contributed by atoms with Gasteiger partial charge < -0.3 is 5.32 Å². The molecule has 0 aliphatic rings. The highest BCUT2D eigenvalue weighted by Gasteiger charge is 2.15. The van der Waals surface area contributed by atoms with Gasteiger partial charge in [0.2, 0.25) is 0 Å². The van der Waals surface area contributed by atoms with E-state index in [9.17, 15) is 18.0 Å². The van der Waals surface area contributed by atoms with Gasteiger partial charge in [-0.1, -0.05) is 42.0 Å². The van der Waals surface area contributed by atoms with Crippen LogP contribution in [-0.4, -0.2) is 18.6 Å². The molecular weight excluding hydrogens is 327 g/mol. The lowest BCUT2D eigenvalue weighted by Gasteiger charge is -2.04. The van der Waals surface area contributed by atoms with Gasteiger partial charge in [-0.3, -0.25) is 4.79 Å². The molecule has 1 amide bonds. The standard InChI is InChI=1S/C12H14ClNO.C3H6.C2H3F3/c1-2-3-6-9-14-12(15)10-7-4-5-8-11(10)13;1-3-2;1-2(3,4)5/h2-5,7-8H,6,9H2,1H3,(H,14,15);3H,1H2,2H3;1H3/b3-2-;;. The van der Waals surface area contributed by atoms with E-state index in [1.165, 1.54) is 0 Å². The Balaban J connectivity index is 0. The Kier molecular flexibility index (Phi) is 14.2. The molecular formula is C17H23ClF3NO. The van der Waals surface area contributed by atoms with Crippen molar-refractivity contribution < 1.29 is 18.0 Å². The van der Waals surface area contributed by atoms with Gasteiger partial charge in [-0.25, -0.2) is 0 Å². The van der Waals surface area contributed by atoms with Crippen LogP contribution in [0.25, 0.3) is 0 Å². The molecule has 0 radical (unpaired) electrons. The lowest BCUT2D eigenvalue weighted by Crippen LogP contribution is -2.24. The number of hydrogen-bond donors (Lipinski definition) is 1. The van der Waals surface area contributed by atoms with E-state index in [0.29, 0.717) is 17.1 Å². The van der Waals surface area contributed by atoms with Crippen molar-refractivity contribution in [2.45, 2.75) is 33.4 Å². The summed E-state index contributed by atoms with van der Waals surface area (Å²) in [6.45, 7) is 8.03. The summed E-state index contributed by atoms with van der Waals surface area (Å²) in [7, 11) is 0. The van der Waals surface area contributed by atoms with Gasteiger partial charge in [0.05, 0.1) is 10.6 Å². The van der Waals surface area contributed by atoms with Gasteiger partial charge in [-0.2, -0.15) is 13.2 Å². The Bertz CT molecular complexity index is 479. The fourth-order valence-electron chi connectivity index (χ4n) is 1.18. The predicted molar refractivity (Wildman–Crippen MR) is 90.8 cm³/mol. The van der Waals surface area contributed by atoms with Crippen LogP contribution in [0.3, 0.4) is 0 Å². The highest BCUT2D eigenvalue weighted by atomic mass is 35.5. The second kappa shape index (κ2) is 13.9. The highest BCUT2D eigenvalue weighted by Crippen LogP contribution is 2.14. The molecule has 1 aromatic carbocycles. The minimum absolute atomic E-state index is 0.120. The summed E-state index contributed by atoms with van der Waals surface area (Å²) in [4.78, 5) is 11.6. The van der Waals surface area contributed by atoms with E-state index in [4.69, 9.17) is 11.6 Å². The van der Waals surface area contributed by atoms with E-state index >= 15 is 0 Å². The average Bonchev–Trinajstić information content (AvgIpc) is 2.43. The summed E-state index contributed by atoms with van der Waals surface area (Å²) in [5.74, 6) is -0.120. The molecule has 0 heterocycles. The van der Waals surface area contributed by atoms with Crippen molar-refractivity contribution in [2.24, 2.45) is 0 Å². The highest BCUT2D eigenvalue weighted by molar-refractivity contribution is 6.33. The summed E-state index contributed by atoms with van der Waals surface area (Å²) in [5.41, 5.74) is 0.527. The maximum atomic E-state index is 11.6. The Morgan fingerprint density at radius 3 is 2.22 bits per heavy atom. The molecule has 130 valence electrons. The monoisotopic (exact) mass is 349 g/mol. The van der Waals surface area contributed by atoms with Gasteiger partial charge in [0.15, 0.2) is 0 Å². The summed E-state index contributed by atoms with van der Waals surface area (Å²) < 4.78 is 31.1. The molecule has 0 spiro atoms. The Labute approximate surface area is 141 Å². The second-order valence-corrected chi connectivity index (χ2v) is 4.69. The molecule has 0 fully saturated rings. The molecule has 1 rings (SSSR count). The normalized spacial score (nSPS) is 10.0. The Hall–Kier alpha value is -1.75. The zero-order valence-electron chi connectivity index (χ0n) is 13.6. The molecule has 1 aromatic rings. The molecule has 1 N–H and O–H groups in total. The third-order valence-electron chi connectivity index (χ3n) is 1.95. The third kappa shape index (κ3) is 18.2.